The number of unbranched alkanes of at least 4 members (excludes halogenated alkanes) is 2. The first-order valence-electron chi connectivity index (χ1n) is 20.2. The average molecular weight is 809 g/mol. The molecule has 7 heteroatoms. The molecule has 6 aromatic rings. The van der Waals surface area contributed by atoms with Crippen LogP contribution in [0.2, 0.25) is 0 Å². The Morgan fingerprint density at radius 3 is 1.14 bits per heavy atom. The van der Waals surface area contributed by atoms with Crippen molar-refractivity contribution >= 4 is 35.4 Å². The number of ether oxygens (including phenoxy) is 1. The maximum absolute atomic E-state index is 13.0. The number of methoxy groups -OCH3 is 1. The summed E-state index contributed by atoms with van der Waals surface area (Å²) in [5.74, 6) is 1.50. The zero-order valence-electron chi connectivity index (χ0n) is 33.7. The van der Waals surface area contributed by atoms with Crippen LogP contribution in [0.3, 0.4) is 0 Å². The molecule has 6 rings (SSSR count). The largest absolute Gasteiger partial charge is 0.469 e. The molecule has 0 saturated carbocycles. The van der Waals surface area contributed by atoms with Crippen LogP contribution in [0.25, 0.3) is 0 Å². The molecule has 0 aliphatic heterocycles. The van der Waals surface area contributed by atoms with Gasteiger partial charge in [0.1, 0.15) is 0 Å². The molecule has 0 unspecified atom stereocenters. The number of benzene rings is 6. The lowest BCUT2D eigenvalue weighted by Crippen LogP contribution is -2.37. The fourth-order valence-electron chi connectivity index (χ4n) is 7.09. The van der Waals surface area contributed by atoms with Gasteiger partial charge in [-0.05, 0) is 39.8 Å². The fourth-order valence-corrected chi connectivity index (χ4v) is 9.97. The lowest BCUT2D eigenvalue weighted by molar-refractivity contribution is -0.140. The molecule has 0 atom stereocenters. The number of hydrogen-bond donors (Lipinski definition) is 2. The molecule has 0 bridgehead atoms. The summed E-state index contributed by atoms with van der Waals surface area (Å²) in [7, 11) is 1.42. The maximum Gasteiger partial charge on any atom is 0.305 e. The Bertz CT molecular complexity index is 1840. The Balaban J connectivity index is 0.000000637. The molecule has 2 N–H and O–H groups in total. The van der Waals surface area contributed by atoms with E-state index in [1.54, 1.807) is 0 Å². The zero-order valence-corrected chi connectivity index (χ0v) is 35.4. The summed E-state index contributed by atoms with van der Waals surface area (Å²) in [6.07, 6.45) is 3.81. The highest BCUT2D eigenvalue weighted by Gasteiger charge is 2.38. The summed E-state index contributed by atoms with van der Waals surface area (Å²) >= 11 is 3.76. The molecular weight excluding hydrogens is 753 g/mol. The van der Waals surface area contributed by atoms with E-state index >= 15 is 0 Å². The summed E-state index contributed by atoms with van der Waals surface area (Å²) in [5, 5.41) is 6.57. The molecule has 0 aliphatic carbocycles. The Morgan fingerprint density at radius 1 is 0.500 bits per heavy atom. The predicted molar refractivity (Wildman–Crippen MR) is 245 cm³/mol. The lowest BCUT2D eigenvalue weighted by atomic mass is 9.84. The molecule has 5 nitrogen and oxygen atoms in total. The predicted octanol–water partition coefficient (Wildman–Crippen LogP) is 10.9. The van der Waals surface area contributed by atoms with Gasteiger partial charge in [-0.2, -0.15) is 0 Å². The molecule has 0 saturated heterocycles. The van der Waals surface area contributed by atoms with Crippen molar-refractivity contribution in [3.8, 4) is 0 Å². The van der Waals surface area contributed by atoms with Crippen LogP contribution in [0, 0.1) is 0 Å². The van der Waals surface area contributed by atoms with Gasteiger partial charge in [-0.15, -0.1) is 23.5 Å². The van der Waals surface area contributed by atoms with Gasteiger partial charge < -0.3 is 15.4 Å². The minimum absolute atomic E-state index is 0.00998. The Hall–Kier alpha value is -5.08. The van der Waals surface area contributed by atoms with E-state index in [4.69, 9.17) is 0 Å². The first kappa shape index (κ1) is 44.0. The molecule has 0 aliphatic rings. The van der Waals surface area contributed by atoms with Crippen LogP contribution < -0.4 is 10.6 Å². The third kappa shape index (κ3) is 12.0. The van der Waals surface area contributed by atoms with E-state index in [1.165, 1.54) is 40.5 Å². The number of carbonyl (C=O) groups is 2. The van der Waals surface area contributed by atoms with E-state index in [-0.39, 0.29) is 23.2 Å². The summed E-state index contributed by atoms with van der Waals surface area (Å²) in [6, 6.07) is 64.2. The Morgan fingerprint density at radius 2 is 0.828 bits per heavy atom. The molecule has 0 spiro atoms. The van der Waals surface area contributed by atoms with E-state index in [0.717, 1.165) is 30.8 Å². The molecule has 0 radical (unpaired) electrons. The van der Waals surface area contributed by atoms with Crippen LogP contribution in [0.15, 0.2) is 182 Å². The topological polar surface area (TPSA) is 67.4 Å². The number of rotatable bonds is 20. The smallest absolute Gasteiger partial charge is 0.305 e. The molecular formula is C51H56N2O3S2. The van der Waals surface area contributed by atoms with Crippen molar-refractivity contribution in [2.75, 3.05) is 38.2 Å². The lowest BCUT2D eigenvalue weighted by Gasteiger charge is -2.35. The molecule has 300 valence electrons. The van der Waals surface area contributed by atoms with Crippen LogP contribution in [0.5, 0.6) is 0 Å². The number of carbonyl (C=O) groups excluding carboxylic acids is 2. The van der Waals surface area contributed by atoms with Crippen LogP contribution in [0.1, 0.15) is 66.0 Å². The standard InChI is InChI=1S/C44H42N2OS2.C7H14O2/c47-42(46-32-34-49-44(39-25-13-4-14-26-39,40-27-15-5-16-28-40)41-29-17-6-18-30-41)35-45-31-33-48-43(36-19-7-1-8-20-36,37-21-9-2-10-22-37)38-23-11-3-12-24-38;1-3-4-5-6-7(8)9-2/h1-30,45H,31-35H2,(H,46,47);3-6H2,1-2H3. The van der Waals surface area contributed by atoms with Gasteiger partial charge in [0.25, 0.3) is 0 Å². The fraction of sp³-hybridized carbons (Fsp3) is 0.255. The van der Waals surface area contributed by atoms with Crippen molar-refractivity contribution in [1.82, 2.24) is 10.6 Å². The first-order chi connectivity index (χ1) is 28.5. The quantitative estimate of drug-likeness (QED) is 0.0455. The number of amides is 1. The second kappa shape index (κ2) is 24.0. The molecule has 0 fully saturated rings. The number of hydrogen-bond acceptors (Lipinski definition) is 6. The first-order valence-corrected chi connectivity index (χ1v) is 22.2. The van der Waals surface area contributed by atoms with Crippen molar-refractivity contribution in [3.05, 3.63) is 215 Å². The van der Waals surface area contributed by atoms with Crippen molar-refractivity contribution in [2.24, 2.45) is 0 Å². The minimum Gasteiger partial charge on any atom is -0.469 e. The molecule has 0 aromatic heterocycles. The SMILES string of the molecule is CCCCCC(=O)OC.O=C(CNCCSC(c1ccccc1)(c1ccccc1)c1ccccc1)NCCSC(c1ccccc1)(c1ccccc1)c1ccccc1. The summed E-state index contributed by atoms with van der Waals surface area (Å²) < 4.78 is 3.69. The van der Waals surface area contributed by atoms with E-state index in [0.29, 0.717) is 19.5 Å². The number of thioether (sulfide) groups is 2. The second-order valence-electron chi connectivity index (χ2n) is 13.8. The average Bonchev–Trinajstić information content (AvgIpc) is 3.30. The highest BCUT2D eigenvalue weighted by molar-refractivity contribution is 8.00. The minimum atomic E-state index is -0.396. The Labute approximate surface area is 354 Å². The van der Waals surface area contributed by atoms with Gasteiger partial charge in [0.2, 0.25) is 5.91 Å². The zero-order chi connectivity index (χ0) is 40.7. The monoisotopic (exact) mass is 808 g/mol. The van der Waals surface area contributed by atoms with Crippen LogP contribution in [0.4, 0.5) is 0 Å². The van der Waals surface area contributed by atoms with Gasteiger partial charge in [-0.1, -0.05) is 202 Å². The van der Waals surface area contributed by atoms with Crippen LogP contribution in [-0.2, 0) is 23.8 Å². The molecule has 0 heterocycles. The molecule has 6 aromatic carbocycles. The van der Waals surface area contributed by atoms with Crippen molar-refractivity contribution < 1.29 is 14.3 Å². The van der Waals surface area contributed by atoms with E-state index < -0.39 is 4.75 Å². The van der Waals surface area contributed by atoms with Gasteiger partial charge in [-0.3, -0.25) is 9.59 Å². The normalized spacial score (nSPS) is 11.2. The van der Waals surface area contributed by atoms with E-state index in [9.17, 15) is 9.59 Å². The van der Waals surface area contributed by atoms with Crippen molar-refractivity contribution in [1.29, 1.82) is 0 Å². The maximum atomic E-state index is 13.0. The highest BCUT2D eigenvalue weighted by Crippen LogP contribution is 2.49. The summed E-state index contributed by atoms with van der Waals surface area (Å²) in [4.78, 5) is 23.5. The number of esters is 1. The Kier molecular flexibility index (Phi) is 18.2. The summed E-state index contributed by atoms with van der Waals surface area (Å²) in [6.45, 7) is 3.67. The van der Waals surface area contributed by atoms with Gasteiger partial charge in [0.15, 0.2) is 0 Å². The van der Waals surface area contributed by atoms with Crippen LogP contribution in [-0.4, -0.2) is 50.1 Å². The van der Waals surface area contributed by atoms with E-state index in [2.05, 4.69) is 204 Å². The van der Waals surface area contributed by atoms with Gasteiger partial charge >= 0.3 is 5.97 Å². The van der Waals surface area contributed by atoms with Crippen molar-refractivity contribution in [3.63, 3.8) is 0 Å². The van der Waals surface area contributed by atoms with Crippen LogP contribution >= 0.6 is 23.5 Å². The third-order valence-corrected chi connectivity index (χ3v) is 13.0. The second-order valence-corrected chi connectivity index (χ2v) is 16.4. The van der Waals surface area contributed by atoms with Gasteiger partial charge in [0, 0.05) is 31.0 Å². The summed E-state index contributed by atoms with van der Waals surface area (Å²) in [5.41, 5.74) is 7.39. The molecule has 58 heavy (non-hydrogen) atoms. The van der Waals surface area contributed by atoms with E-state index in [1.807, 2.05) is 23.5 Å². The third-order valence-electron chi connectivity index (χ3n) is 9.92. The van der Waals surface area contributed by atoms with Gasteiger partial charge in [0.05, 0.1) is 23.1 Å². The van der Waals surface area contributed by atoms with Crippen molar-refractivity contribution in [2.45, 2.75) is 42.1 Å². The van der Waals surface area contributed by atoms with Gasteiger partial charge in [-0.25, -0.2) is 0 Å². The number of nitrogens with one attached hydrogen (secondary N) is 2. The highest BCUT2D eigenvalue weighted by atomic mass is 32.2. The molecule has 1 amide bonds.